The van der Waals surface area contributed by atoms with E-state index in [2.05, 4.69) is 20.9 Å². The van der Waals surface area contributed by atoms with E-state index < -0.39 is 17.1 Å². The Morgan fingerprint density at radius 2 is 1.51 bits per heavy atom. The summed E-state index contributed by atoms with van der Waals surface area (Å²) in [5.74, 6) is -1.25. The largest absolute Gasteiger partial charge is 0.323 e. The highest BCUT2D eigenvalue weighted by Gasteiger charge is 2.24. The maximum Gasteiger partial charge on any atom is 0.272 e. The molecule has 3 amide bonds. The fourth-order valence-corrected chi connectivity index (χ4v) is 5.68. The van der Waals surface area contributed by atoms with E-state index in [4.69, 9.17) is 23.2 Å². The number of hydrogen-bond donors (Lipinski definition) is 3. The number of nitrogens with zero attached hydrogens (tertiary/aromatic N) is 1. The van der Waals surface area contributed by atoms with E-state index in [9.17, 15) is 14.4 Å². The highest BCUT2D eigenvalue weighted by molar-refractivity contribution is 8.00. The maximum absolute atomic E-state index is 13.6. The van der Waals surface area contributed by atoms with Crippen molar-refractivity contribution < 1.29 is 14.4 Å². The number of carbonyl (C=O) groups is 3. The van der Waals surface area contributed by atoms with Crippen molar-refractivity contribution >= 4 is 70.1 Å². The minimum atomic E-state index is -0.654. The number of hydrogen-bond acceptors (Lipinski definition) is 5. The van der Waals surface area contributed by atoms with Gasteiger partial charge in [-0.25, -0.2) is 0 Å². The van der Waals surface area contributed by atoms with Crippen LogP contribution in [-0.2, 0) is 9.59 Å². The SMILES string of the molecule is O=C(Nc1cccc(SC(C(=O)Nc2cccc(Cl)c2Cl)c2ccccc2)c1)/C(=C/c1cccnc1)NC(=O)c1ccccc1. The van der Waals surface area contributed by atoms with Gasteiger partial charge >= 0.3 is 0 Å². The number of benzene rings is 4. The summed E-state index contributed by atoms with van der Waals surface area (Å²) in [5.41, 5.74) is 2.73. The Morgan fingerprint density at radius 3 is 2.24 bits per heavy atom. The van der Waals surface area contributed by atoms with Crippen LogP contribution < -0.4 is 16.0 Å². The Labute approximate surface area is 274 Å². The van der Waals surface area contributed by atoms with E-state index in [0.717, 1.165) is 10.5 Å². The molecule has 7 nitrogen and oxygen atoms in total. The zero-order valence-electron chi connectivity index (χ0n) is 23.6. The summed E-state index contributed by atoms with van der Waals surface area (Å²) in [6.07, 6.45) is 4.76. The van der Waals surface area contributed by atoms with Crippen LogP contribution in [-0.4, -0.2) is 22.7 Å². The Balaban J connectivity index is 1.37. The van der Waals surface area contributed by atoms with Crippen LogP contribution in [0.5, 0.6) is 0 Å². The lowest BCUT2D eigenvalue weighted by Gasteiger charge is -2.18. The molecule has 1 aromatic heterocycles. The van der Waals surface area contributed by atoms with Gasteiger partial charge in [0, 0.05) is 28.5 Å². The Bertz CT molecular complexity index is 1840. The molecule has 0 aliphatic rings. The second-order valence-corrected chi connectivity index (χ2v) is 11.6. The second kappa shape index (κ2) is 15.2. The Morgan fingerprint density at radius 1 is 0.778 bits per heavy atom. The third kappa shape index (κ3) is 8.61. The standard InChI is InChI=1S/C35H26Cl2N4O3S/c36-28-17-8-18-29(31(28)37)40-35(44)32(24-11-3-1-4-12-24)45-27-16-7-15-26(21-27)39-34(43)30(20-23-10-9-19-38-22-23)41-33(42)25-13-5-2-6-14-25/h1-22,32H,(H,39,43)(H,40,44)(H,41,42)/b30-20-. The van der Waals surface area contributed by atoms with Crippen LogP contribution in [0.2, 0.25) is 10.0 Å². The number of aromatic nitrogens is 1. The van der Waals surface area contributed by atoms with E-state index in [-0.39, 0.29) is 16.6 Å². The molecule has 0 saturated carbocycles. The normalized spacial score (nSPS) is 11.7. The molecule has 3 N–H and O–H groups in total. The molecule has 5 rings (SSSR count). The van der Waals surface area contributed by atoms with Gasteiger partial charge in [0.05, 0.1) is 15.7 Å². The minimum Gasteiger partial charge on any atom is -0.323 e. The molecule has 1 atom stereocenters. The summed E-state index contributed by atoms with van der Waals surface area (Å²) in [4.78, 5) is 44.8. The molecular weight excluding hydrogens is 627 g/mol. The van der Waals surface area contributed by atoms with Gasteiger partial charge in [0.25, 0.3) is 11.8 Å². The number of carbonyl (C=O) groups excluding carboxylic acids is 3. The lowest BCUT2D eigenvalue weighted by molar-refractivity contribution is -0.116. The van der Waals surface area contributed by atoms with Crippen molar-refractivity contribution in [3.05, 3.63) is 160 Å². The summed E-state index contributed by atoms with van der Waals surface area (Å²) in [7, 11) is 0. The summed E-state index contributed by atoms with van der Waals surface area (Å²) in [6.45, 7) is 0. The van der Waals surface area contributed by atoms with Crippen LogP contribution in [0.25, 0.3) is 6.08 Å². The number of anilines is 2. The zero-order chi connectivity index (χ0) is 31.6. The number of rotatable bonds is 10. The monoisotopic (exact) mass is 652 g/mol. The molecule has 1 heterocycles. The van der Waals surface area contributed by atoms with Gasteiger partial charge in [-0.2, -0.15) is 0 Å². The Kier molecular flexibility index (Phi) is 10.7. The van der Waals surface area contributed by atoms with E-state index in [1.165, 1.54) is 11.8 Å². The molecule has 0 fully saturated rings. The topological polar surface area (TPSA) is 100 Å². The summed E-state index contributed by atoms with van der Waals surface area (Å²) in [6, 6.07) is 33.6. The fourth-order valence-electron chi connectivity index (χ4n) is 4.25. The van der Waals surface area contributed by atoms with Crippen LogP contribution in [0.1, 0.15) is 26.7 Å². The van der Waals surface area contributed by atoms with Crippen LogP contribution in [0.3, 0.4) is 0 Å². The predicted octanol–water partition coefficient (Wildman–Crippen LogP) is 8.27. The van der Waals surface area contributed by atoms with Crippen molar-refractivity contribution in [3.8, 4) is 0 Å². The van der Waals surface area contributed by atoms with Crippen LogP contribution >= 0.6 is 35.0 Å². The van der Waals surface area contributed by atoms with Crippen molar-refractivity contribution in [2.45, 2.75) is 10.1 Å². The molecule has 4 aromatic carbocycles. The first-order valence-corrected chi connectivity index (χ1v) is 15.4. The molecule has 1 unspecified atom stereocenters. The summed E-state index contributed by atoms with van der Waals surface area (Å²) in [5, 5.41) is 8.41. The summed E-state index contributed by atoms with van der Waals surface area (Å²) < 4.78 is 0. The third-order valence-electron chi connectivity index (χ3n) is 6.42. The molecule has 10 heteroatoms. The van der Waals surface area contributed by atoms with Gasteiger partial charge in [0.2, 0.25) is 5.91 Å². The van der Waals surface area contributed by atoms with E-state index in [0.29, 0.717) is 27.5 Å². The van der Waals surface area contributed by atoms with Crippen molar-refractivity contribution in [2.75, 3.05) is 10.6 Å². The number of pyridine rings is 1. The molecule has 5 aromatic rings. The smallest absolute Gasteiger partial charge is 0.272 e. The van der Waals surface area contributed by atoms with Crippen molar-refractivity contribution in [2.24, 2.45) is 0 Å². The van der Waals surface area contributed by atoms with Gasteiger partial charge in [-0.15, -0.1) is 11.8 Å². The predicted molar refractivity (Wildman–Crippen MR) is 181 cm³/mol. The van der Waals surface area contributed by atoms with Crippen molar-refractivity contribution in [1.82, 2.24) is 10.3 Å². The lowest BCUT2D eigenvalue weighted by Crippen LogP contribution is -2.30. The van der Waals surface area contributed by atoms with Crippen LogP contribution in [0, 0.1) is 0 Å². The minimum absolute atomic E-state index is 0.0369. The fraction of sp³-hybridized carbons (Fsp3) is 0.0286. The number of nitrogens with one attached hydrogen (secondary N) is 3. The van der Waals surface area contributed by atoms with Crippen LogP contribution in [0.15, 0.2) is 138 Å². The molecule has 224 valence electrons. The summed E-state index contributed by atoms with van der Waals surface area (Å²) >= 11 is 13.8. The second-order valence-electron chi connectivity index (χ2n) is 9.65. The Hall–Kier alpha value is -4.89. The maximum atomic E-state index is 13.6. The number of amides is 3. The van der Waals surface area contributed by atoms with Gasteiger partial charge in [-0.1, -0.05) is 89.9 Å². The molecule has 0 spiro atoms. The average Bonchev–Trinajstić information content (AvgIpc) is 3.07. The first kappa shape index (κ1) is 31.5. The quantitative estimate of drug-likeness (QED) is 0.104. The van der Waals surface area contributed by atoms with Crippen molar-refractivity contribution in [1.29, 1.82) is 0 Å². The first-order chi connectivity index (χ1) is 21.9. The zero-order valence-corrected chi connectivity index (χ0v) is 25.9. The van der Waals surface area contributed by atoms with Crippen molar-refractivity contribution in [3.63, 3.8) is 0 Å². The average molecular weight is 654 g/mol. The van der Waals surface area contributed by atoms with Gasteiger partial charge in [0.15, 0.2) is 0 Å². The third-order valence-corrected chi connectivity index (χ3v) is 8.49. The number of thioether (sulfide) groups is 1. The highest BCUT2D eigenvalue weighted by atomic mass is 35.5. The first-order valence-electron chi connectivity index (χ1n) is 13.7. The van der Waals surface area contributed by atoms with Crippen LogP contribution in [0.4, 0.5) is 11.4 Å². The molecule has 0 aliphatic heterocycles. The molecule has 45 heavy (non-hydrogen) atoms. The number of halogens is 2. The molecule has 0 radical (unpaired) electrons. The van der Waals surface area contributed by atoms with Gasteiger partial charge in [0.1, 0.15) is 10.9 Å². The van der Waals surface area contributed by atoms with E-state index >= 15 is 0 Å². The van der Waals surface area contributed by atoms with Gasteiger partial charge in [-0.3, -0.25) is 19.4 Å². The van der Waals surface area contributed by atoms with Gasteiger partial charge in [-0.05, 0) is 65.7 Å². The lowest BCUT2D eigenvalue weighted by atomic mass is 10.1. The highest BCUT2D eigenvalue weighted by Crippen LogP contribution is 2.38. The molecule has 0 saturated heterocycles. The molecule has 0 bridgehead atoms. The van der Waals surface area contributed by atoms with Gasteiger partial charge < -0.3 is 16.0 Å². The molecule has 0 aliphatic carbocycles. The van der Waals surface area contributed by atoms with E-state index in [1.807, 2.05) is 36.4 Å². The molecular formula is C35H26Cl2N4O3S. The van der Waals surface area contributed by atoms with E-state index in [1.54, 1.807) is 97.3 Å².